The van der Waals surface area contributed by atoms with E-state index in [-0.39, 0.29) is 17.7 Å². The Kier molecular flexibility index (Phi) is 4.65. The Labute approximate surface area is 93.7 Å². The van der Waals surface area contributed by atoms with Crippen LogP contribution in [-0.4, -0.2) is 20.7 Å². The summed E-state index contributed by atoms with van der Waals surface area (Å²) in [6, 6.07) is 2.88. The molecule has 1 heterocycles. The summed E-state index contributed by atoms with van der Waals surface area (Å²) in [5.74, 6) is 4.87. The molecular weight excluding hydrogens is 210 g/mol. The third-order valence-corrected chi connectivity index (χ3v) is 2.38. The van der Waals surface area contributed by atoms with Crippen molar-refractivity contribution >= 4 is 5.91 Å². The molecule has 0 aliphatic carbocycles. The largest absolute Gasteiger partial charge is 0.494 e. The Morgan fingerprint density at radius 1 is 1.25 bits per heavy atom. The first-order chi connectivity index (χ1) is 7.65. The number of hydrogen-bond donors (Lipinski definition) is 4. The summed E-state index contributed by atoms with van der Waals surface area (Å²) in [7, 11) is 0. The van der Waals surface area contributed by atoms with Gasteiger partial charge in [-0.2, -0.15) is 0 Å². The second-order valence-corrected chi connectivity index (χ2v) is 3.58. The van der Waals surface area contributed by atoms with E-state index >= 15 is 0 Å². The summed E-state index contributed by atoms with van der Waals surface area (Å²) in [6.07, 6.45) is 2.77. The van der Waals surface area contributed by atoms with E-state index in [1.807, 2.05) is 0 Å². The number of nitrogens with one attached hydrogen (secondary N) is 1. The third kappa shape index (κ3) is 3.47. The van der Waals surface area contributed by atoms with E-state index < -0.39 is 0 Å². The summed E-state index contributed by atoms with van der Waals surface area (Å²) in [5, 5.41) is 18.7. The number of amides is 1. The molecule has 0 unspecified atom stereocenters. The van der Waals surface area contributed by atoms with Gasteiger partial charge >= 0.3 is 0 Å². The van der Waals surface area contributed by atoms with Gasteiger partial charge in [0.25, 0.3) is 0 Å². The van der Waals surface area contributed by atoms with Crippen LogP contribution in [0, 0.1) is 0 Å². The Morgan fingerprint density at radius 3 is 2.44 bits per heavy atom. The molecule has 0 radical (unpaired) electrons. The molecule has 0 fully saturated rings. The molecule has 16 heavy (non-hydrogen) atoms. The van der Waals surface area contributed by atoms with Gasteiger partial charge in [0.1, 0.15) is 0 Å². The van der Waals surface area contributed by atoms with Crippen LogP contribution in [0.25, 0.3) is 0 Å². The molecule has 0 aromatic carbocycles. The van der Waals surface area contributed by atoms with Crippen molar-refractivity contribution in [3.8, 4) is 11.8 Å². The minimum Gasteiger partial charge on any atom is -0.494 e. The second kappa shape index (κ2) is 6.02. The van der Waals surface area contributed by atoms with Gasteiger partial charge in [-0.25, -0.2) is 5.84 Å². The van der Waals surface area contributed by atoms with Gasteiger partial charge in [0.05, 0.1) is 0 Å². The number of nitrogens with zero attached hydrogens (tertiary/aromatic N) is 1. The second-order valence-electron chi connectivity index (χ2n) is 3.58. The molecule has 90 valence electrons. The molecule has 0 saturated heterocycles. The first kappa shape index (κ1) is 12.4. The fourth-order valence-electron chi connectivity index (χ4n) is 1.48. The Hall–Kier alpha value is -1.69. The van der Waals surface area contributed by atoms with Crippen LogP contribution in [0.3, 0.4) is 0 Å². The number of aromatic hydroxyl groups is 2. The average Bonchev–Trinajstić information content (AvgIpc) is 2.59. The van der Waals surface area contributed by atoms with E-state index in [1.165, 1.54) is 16.7 Å². The van der Waals surface area contributed by atoms with Gasteiger partial charge in [0.15, 0.2) is 11.8 Å². The lowest BCUT2D eigenvalue weighted by molar-refractivity contribution is -0.121. The molecule has 0 saturated carbocycles. The van der Waals surface area contributed by atoms with Crippen molar-refractivity contribution in [3.63, 3.8) is 0 Å². The third-order valence-electron chi connectivity index (χ3n) is 2.38. The molecule has 6 nitrogen and oxygen atoms in total. The monoisotopic (exact) mass is 227 g/mol. The molecule has 0 bridgehead atoms. The van der Waals surface area contributed by atoms with Crippen molar-refractivity contribution in [1.82, 2.24) is 9.99 Å². The van der Waals surface area contributed by atoms with Gasteiger partial charge < -0.3 is 10.2 Å². The van der Waals surface area contributed by atoms with Crippen molar-refractivity contribution in [2.75, 3.05) is 0 Å². The van der Waals surface area contributed by atoms with Crippen molar-refractivity contribution in [2.24, 2.45) is 5.84 Å². The highest BCUT2D eigenvalue weighted by Crippen LogP contribution is 2.21. The number of hydrogen-bond acceptors (Lipinski definition) is 4. The lowest BCUT2D eigenvalue weighted by Gasteiger charge is -2.06. The van der Waals surface area contributed by atoms with E-state index in [0.717, 1.165) is 19.3 Å². The average molecular weight is 227 g/mol. The normalized spacial score (nSPS) is 10.3. The zero-order chi connectivity index (χ0) is 12.0. The van der Waals surface area contributed by atoms with E-state index in [9.17, 15) is 15.0 Å². The van der Waals surface area contributed by atoms with Gasteiger partial charge in [-0.3, -0.25) is 14.8 Å². The van der Waals surface area contributed by atoms with Crippen LogP contribution in [-0.2, 0) is 11.3 Å². The van der Waals surface area contributed by atoms with E-state index in [2.05, 4.69) is 5.43 Å². The highest BCUT2D eigenvalue weighted by molar-refractivity contribution is 5.74. The molecule has 0 spiro atoms. The standard InChI is InChI=1S/C10H17N3O3/c11-12-8(14)4-2-1-3-7-13-9(15)5-6-10(13)16/h5-6,15-16H,1-4,7,11H2,(H,12,14). The minimum absolute atomic E-state index is 0.0530. The molecular formula is C10H17N3O3. The van der Waals surface area contributed by atoms with Crippen molar-refractivity contribution in [1.29, 1.82) is 0 Å². The zero-order valence-corrected chi connectivity index (χ0v) is 9.02. The molecule has 5 N–H and O–H groups in total. The number of unbranched alkanes of at least 4 members (excludes halogenated alkanes) is 2. The Bertz CT molecular complexity index is 330. The van der Waals surface area contributed by atoms with Crippen LogP contribution >= 0.6 is 0 Å². The molecule has 1 aromatic rings. The molecule has 0 aliphatic rings. The predicted molar refractivity (Wildman–Crippen MR) is 58.6 cm³/mol. The van der Waals surface area contributed by atoms with Crippen LogP contribution in [0.5, 0.6) is 11.8 Å². The molecule has 1 aromatic heterocycles. The zero-order valence-electron chi connectivity index (χ0n) is 9.02. The minimum atomic E-state index is -0.174. The van der Waals surface area contributed by atoms with Crippen molar-refractivity contribution in [2.45, 2.75) is 32.2 Å². The summed E-state index contributed by atoms with van der Waals surface area (Å²) >= 11 is 0. The first-order valence-corrected chi connectivity index (χ1v) is 5.22. The fraction of sp³-hybridized carbons (Fsp3) is 0.500. The van der Waals surface area contributed by atoms with Crippen LogP contribution in [0.15, 0.2) is 12.1 Å². The number of carbonyl (C=O) groups is 1. The first-order valence-electron chi connectivity index (χ1n) is 5.22. The SMILES string of the molecule is NNC(=O)CCCCCn1c(O)ccc1O. The number of carbonyl (C=O) groups excluding carboxylic acids is 1. The Balaban J connectivity index is 2.19. The maximum absolute atomic E-state index is 10.8. The quantitative estimate of drug-likeness (QED) is 0.245. The summed E-state index contributed by atoms with van der Waals surface area (Å²) in [6.45, 7) is 0.537. The van der Waals surface area contributed by atoms with Gasteiger partial charge in [0, 0.05) is 25.1 Å². The van der Waals surface area contributed by atoms with Crippen molar-refractivity contribution < 1.29 is 15.0 Å². The topological polar surface area (TPSA) is 101 Å². The Morgan fingerprint density at radius 2 is 1.88 bits per heavy atom. The van der Waals surface area contributed by atoms with Crippen LogP contribution < -0.4 is 11.3 Å². The number of hydrazine groups is 1. The molecule has 0 atom stereocenters. The summed E-state index contributed by atoms with van der Waals surface area (Å²) < 4.78 is 1.42. The highest BCUT2D eigenvalue weighted by Gasteiger charge is 2.04. The number of rotatable bonds is 6. The van der Waals surface area contributed by atoms with Crippen molar-refractivity contribution in [3.05, 3.63) is 12.1 Å². The summed E-state index contributed by atoms with van der Waals surface area (Å²) in [4.78, 5) is 10.8. The van der Waals surface area contributed by atoms with Gasteiger partial charge in [-0.1, -0.05) is 6.42 Å². The smallest absolute Gasteiger partial charge is 0.233 e. The van der Waals surface area contributed by atoms with Crippen LogP contribution in [0.2, 0.25) is 0 Å². The van der Waals surface area contributed by atoms with Gasteiger partial charge in [-0.05, 0) is 12.8 Å². The van der Waals surface area contributed by atoms with Gasteiger partial charge in [0.2, 0.25) is 5.91 Å². The number of aromatic nitrogens is 1. The van der Waals surface area contributed by atoms with E-state index in [0.29, 0.717) is 13.0 Å². The number of nitrogens with two attached hydrogens (primary N) is 1. The maximum atomic E-state index is 10.8. The summed E-state index contributed by atoms with van der Waals surface area (Å²) in [5.41, 5.74) is 2.06. The molecule has 0 aliphatic heterocycles. The fourth-order valence-corrected chi connectivity index (χ4v) is 1.48. The molecule has 6 heteroatoms. The van der Waals surface area contributed by atoms with Crippen LogP contribution in [0.4, 0.5) is 0 Å². The molecule has 1 rings (SSSR count). The lowest BCUT2D eigenvalue weighted by Crippen LogP contribution is -2.29. The van der Waals surface area contributed by atoms with Crippen LogP contribution in [0.1, 0.15) is 25.7 Å². The predicted octanol–water partition coefficient (Wildman–Crippen LogP) is 0.450. The maximum Gasteiger partial charge on any atom is 0.233 e. The lowest BCUT2D eigenvalue weighted by atomic mass is 10.2. The molecule has 1 amide bonds. The highest BCUT2D eigenvalue weighted by atomic mass is 16.3. The van der Waals surface area contributed by atoms with E-state index in [4.69, 9.17) is 5.84 Å². The van der Waals surface area contributed by atoms with Gasteiger partial charge in [-0.15, -0.1) is 0 Å². The van der Waals surface area contributed by atoms with E-state index in [1.54, 1.807) is 0 Å².